The van der Waals surface area contributed by atoms with Crippen molar-refractivity contribution in [1.82, 2.24) is 0 Å². The molecule has 0 amide bonds. The van der Waals surface area contributed by atoms with Gasteiger partial charge in [0.1, 0.15) is 24.4 Å². The van der Waals surface area contributed by atoms with Crippen LogP contribution >= 0.6 is 0 Å². The predicted molar refractivity (Wildman–Crippen MR) is 52.3 cm³/mol. The van der Waals surface area contributed by atoms with E-state index in [2.05, 4.69) is 0 Å². The minimum atomic E-state index is -1.04. The van der Waals surface area contributed by atoms with Gasteiger partial charge in [0.05, 0.1) is 0 Å². The number of methoxy groups -OCH3 is 3. The second-order valence-corrected chi connectivity index (χ2v) is 3.40. The minimum Gasteiger partial charge on any atom is -0.376 e. The first-order valence-electron chi connectivity index (χ1n) is 4.81. The first kappa shape index (κ1) is 12.8. The van der Waals surface area contributed by atoms with Gasteiger partial charge in [0.2, 0.25) is 0 Å². The number of nitrogens with two attached hydrogens (primary N) is 1. The van der Waals surface area contributed by atoms with Crippen molar-refractivity contribution in [3.05, 3.63) is 0 Å². The maximum absolute atomic E-state index is 9.65. The number of hydrogen-bond acceptors (Lipinski definition) is 6. The molecule has 0 spiro atoms. The van der Waals surface area contributed by atoms with Gasteiger partial charge in [0, 0.05) is 27.9 Å². The molecule has 15 heavy (non-hydrogen) atoms. The molecular formula is C9H19NO5. The Morgan fingerprint density at radius 3 is 2.00 bits per heavy atom. The molecule has 6 nitrogen and oxygen atoms in total. The zero-order valence-electron chi connectivity index (χ0n) is 9.25. The van der Waals surface area contributed by atoms with Crippen LogP contribution in [0.25, 0.3) is 0 Å². The van der Waals surface area contributed by atoms with Gasteiger partial charge in [-0.15, -0.1) is 0 Å². The van der Waals surface area contributed by atoms with Crippen molar-refractivity contribution in [2.75, 3.05) is 27.9 Å². The van der Waals surface area contributed by atoms with E-state index in [1.165, 1.54) is 14.2 Å². The summed E-state index contributed by atoms with van der Waals surface area (Å²) in [5, 5.41) is 9.65. The van der Waals surface area contributed by atoms with Gasteiger partial charge in [-0.3, -0.25) is 0 Å². The van der Waals surface area contributed by atoms with Crippen LogP contribution in [0, 0.1) is 0 Å². The van der Waals surface area contributed by atoms with Crippen molar-refractivity contribution in [1.29, 1.82) is 0 Å². The maximum atomic E-state index is 9.65. The van der Waals surface area contributed by atoms with Gasteiger partial charge >= 0.3 is 0 Å². The van der Waals surface area contributed by atoms with E-state index in [0.717, 1.165) is 0 Å². The Hall–Kier alpha value is -0.240. The summed E-state index contributed by atoms with van der Waals surface area (Å²) < 4.78 is 20.9. The molecule has 1 heterocycles. The Kier molecular flexibility index (Phi) is 4.91. The maximum Gasteiger partial charge on any atom is 0.184 e. The van der Waals surface area contributed by atoms with Crippen LogP contribution in [0.1, 0.15) is 0 Å². The van der Waals surface area contributed by atoms with Crippen molar-refractivity contribution >= 4 is 0 Å². The molecule has 0 radical (unpaired) electrons. The molecule has 0 unspecified atom stereocenters. The average molecular weight is 221 g/mol. The summed E-state index contributed by atoms with van der Waals surface area (Å²) in [7, 11) is 4.57. The van der Waals surface area contributed by atoms with E-state index >= 15 is 0 Å². The molecule has 3 N–H and O–H groups in total. The van der Waals surface area contributed by atoms with E-state index in [9.17, 15) is 5.11 Å². The third kappa shape index (κ3) is 2.47. The molecule has 1 saturated heterocycles. The molecule has 0 aromatic carbocycles. The summed E-state index contributed by atoms with van der Waals surface area (Å²) in [6, 6.07) is 0. The highest BCUT2D eigenvalue weighted by atomic mass is 16.7. The summed E-state index contributed by atoms with van der Waals surface area (Å²) in [5.41, 5.74) is 5.52. The normalized spacial score (nSPS) is 41.8. The average Bonchev–Trinajstić information content (AvgIpc) is 2.27. The van der Waals surface area contributed by atoms with E-state index in [-0.39, 0.29) is 18.8 Å². The Labute approximate surface area is 89.2 Å². The monoisotopic (exact) mass is 221 g/mol. The Morgan fingerprint density at radius 2 is 1.60 bits per heavy atom. The van der Waals surface area contributed by atoms with Crippen LogP contribution in [0.2, 0.25) is 0 Å². The first-order chi connectivity index (χ1) is 7.19. The molecule has 1 aliphatic heterocycles. The van der Waals surface area contributed by atoms with Crippen molar-refractivity contribution in [2.45, 2.75) is 30.7 Å². The van der Waals surface area contributed by atoms with E-state index in [1.807, 2.05) is 0 Å². The third-order valence-electron chi connectivity index (χ3n) is 2.66. The highest BCUT2D eigenvalue weighted by Crippen LogP contribution is 2.25. The summed E-state index contributed by atoms with van der Waals surface area (Å²) in [5.74, 6) is 0. The van der Waals surface area contributed by atoms with Crippen molar-refractivity contribution < 1.29 is 24.1 Å². The SMILES string of the molecule is CO[C@@H]1[C@@H](OC)[C@@H](O)O[C@H](CN)[C@H]1OC. The molecule has 0 aliphatic carbocycles. The molecule has 0 aromatic heterocycles. The van der Waals surface area contributed by atoms with E-state index < -0.39 is 18.5 Å². The fourth-order valence-corrected chi connectivity index (χ4v) is 1.89. The van der Waals surface area contributed by atoms with Crippen LogP contribution in [0.15, 0.2) is 0 Å². The van der Waals surface area contributed by atoms with E-state index in [4.69, 9.17) is 24.7 Å². The zero-order valence-corrected chi connectivity index (χ0v) is 9.25. The Morgan fingerprint density at radius 1 is 1.07 bits per heavy atom. The first-order valence-corrected chi connectivity index (χ1v) is 4.81. The highest BCUT2D eigenvalue weighted by molar-refractivity contribution is 4.91. The van der Waals surface area contributed by atoms with E-state index in [0.29, 0.717) is 0 Å². The third-order valence-corrected chi connectivity index (χ3v) is 2.66. The van der Waals surface area contributed by atoms with Gasteiger partial charge in [0.15, 0.2) is 6.29 Å². The topological polar surface area (TPSA) is 83.2 Å². The molecule has 90 valence electrons. The zero-order chi connectivity index (χ0) is 11.4. The minimum absolute atomic E-state index is 0.256. The molecular weight excluding hydrogens is 202 g/mol. The van der Waals surface area contributed by atoms with Crippen LogP contribution in [0.4, 0.5) is 0 Å². The van der Waals surface area contributed by atoms with Gasteiger partial charge in [-0.25, -0.2) is 0 Å². The summed E-state index contributed by atoms with van der Waals surface area (Å²) in [6.45, 7) is 0.256. The lowest BCUT2D eigenvalue weighted by Gasteiger charge is -2.42. The number of ether oxygens (including phenoxy) is 4. The Bertz CT molecular complexity index is 191. The van der Waals surface area contributed by atoms with Crippen molar-refractivity contribution in [3.8, 4) is 0 Å². The smallest absolute Gasteiger partial charge is 0.184 e. The number of rotatable bonds is 4. The molecule has 0 aromatic rings. The van der Waals surface area contributed by atoms with E-state index in [1.54, 1.807) is 7.11 Å². The Balaban J connectivity index is 2.80. The van der Waals surface area contributed by atoms with Crippen LogP contribution in [-0.2, 0) is 18.9 Å². The van der Waals surface area contributed by atoms with Gasteiger partial charge in [-0.05, 0) is 0 Å². The van der Waals surface area contributed by atoms with Crippen LogP contribution in [0.5, 0.6) is 0 Å². The molecule has 1 fully saturated rings. The van der Waals surface area contributed by atoms with Crippen LogP contribution in [-0.4, -0.2) is 63.7 Å². The van der Waals surface area contributed by atoms with Crippen LogP contribution in [0.3, 0.4) is 0 Å². The summed E-state index contributed by atoms with van der Waals surface area (Å²) in [4.78, 5) is 0. The molecule has 1 aliphatic rings. The fraction of sp³-hybridized carbons (Fsp3) is 1.00. The van der Waals surface area contributed by atoms with Gasteiger partial charge < -0.3 is 29.8 Å². The lowest BCUT2D eigenvalue weighted by Crippen LogP contribution is -2.61. The number of aliphatic hydroxyl groups is 1. The fourth-order valence-electron chi connectivity index (χ4n) is 1.89. The molecule has 6 heteroatoms. The number of aliphatic hydroxyl groups excluding tert-OH is 1. The quantitative estimate of drug-likeness (QED) is 0.614. The molecule has 1 rings (SSSR count). The highest BCUT2D eigenvalue weighted by Gasteiger charge is 2.45. The second kappa shape index (κ2) is 5.74. The molecule has 0 bridgehead atoms. The lowest BCUT2D eigenvalue weighted by atomic mass is 9.98. The standard InChI is InChI=1S/C9H19NO5/c1-12-6-5(4-10)15-9(11)8(14-3)7(6)13-2/h5-9,11H,4,10H2,1-3H3/t5-,6-,7+,8-,9+/m1/s1. The number of hydrogen-bond donors (Lipinski definition) is 2. The van der Waals surface area contributed by atoms with Gasteiger partial charge in [-0.1, -0.05) is 0 Å². The second-order valence-electron chi connectivity index (χ2n) is 3.40. The predicted octanol–water partition coefficient (Wildman–Crippen LogP) is -1.29. The molecule has 0 saturated carbocycles. The van der Waals surface area contributed by atoms with Crippen molar-refractivity contribution in [3.63, 3.8) is 0 Å². The summed E-state index contributed by atoms with van der Waals surface area (Å²) >= 11 is 0. The molecule has 5 atom stereocenters. The van der Waals surface area contributed by atoms with Crippen molar-refractivity contribution in [2.24, 2.45) is 5.73 Å². The summed E-state index contributed by atoms with van der Waals surface area (Å²) in [6.07, 6.45) is -2.73. The van der Waals surface area contributed by atoms with Gasteiger partial charge in [0.25, 0.3) is 0 Å². The largest absolute Gasteiger partial charge is 0.376 e. The van der Waals surface area contributed by atoms with Crippen LogP contribution < -0.4 is 5.73 Å². The lowest BCUT2D eigenvalue weighted by molar-refractivity contribution is -0.292. The van der Waals surface area contributed by atoms with Gasteiger partial charge in [-0.2, -0.15) is 0 Å².